The van der Waals surface area contributed by atoms with Crippen molar-refractivity contribution in [2.24, 2.45) is 5.14 Å². The van der Waals surface area contributed by atoms with Crippen molar-refractivity contribution in [1.82, 2.24) is 4.72 Å². The van der Waals surface area contributed by atoms with Gasteiger partial charge in [0.15, 0.2) is 0 Å². The summed E-state index contributed by atoms with van der Waals surface area (Å²) in [5, 5.41) is 7.82. The van der Waals surface area contributed by atoms with Gasteiger partial charge in [0, 0.05) is 18.8 Å². The molecule has 0 aliphatic rings. The van der Waals surface area contributed by atoms with E-state index in [1.807, 2.05) is 6.92 Å². The average molecular weight is 307 g/mol. The molecule has 0 saturated heterocycles. The quantitative estimate of drug-likeness (QED) is 0.638. The van der Waals surface area contributed by atoms with Crippen molar-refractivity contribution in [3.8, 4) is 0 Å². The summed E-state index contributed by atoms with van der Waals surface area (Å²) in [6.45, 7) is 2.41. The van der Waals surface area contributed by atoms with Crippen LogP contribution in [0.2, 0.25) is 0 Å². The molecule has 9 heteroatoms. The highest BCUT2D eigenvalue weighted by Gasteiger charge is 2.14. The lowest BCUT2D eigenvalue weighted by Crippen LogP contribution is -2.31. The van der Waals surface area contributed by atoms with Gasteiger partial charge in [0.1, 0.15) is 0 Å². The zero-order valence-electron chi connectivity index (χ0n) is 10.5. The SMILES string of the molecule is CCNc1ccc(S(=O)(=O)NCCS(N)(=O)=O)cc1. The Morgan fingerprint density at radius 3 is 2.16 bits per heavy atom. The van der Waals surface area contributed by atoms with Gasteiger partial charge in [-0.05, 0) is 31.2 Å². The van der Waals surface area contributed by atoms with Gasteiger partial charge < -0.3 is 5.32 Å². The minimum atomic E-state index is -3.71. The molecule has 4 N–H and O–H groups in total. The molecule has 0 bridgehead atoms. The number of nitrogens with one attached hydrogen (secondary N) is 2. The summed E-state index contributed by atoms with van der Waals surface area (Å²) in [7, 11) is -7.39. The Morgan fingerprint density at radius 1 is 1.11 bits per heavy atom. The van der Waals surface area contributed by atoms with E-state index in [0.717, 1.165) is 12.2 Å². The average Bonchev–Trinajstić information content (AvgIpc) is 2.28. The van der Waals surface area contributed by atoms with Gasteiger partial charge in [-0.25, -0.2) is 26.7 Å². The van der Waals surface area contributed by atoms with Crippen molar-refractivity contribution < 1.29 is 16.8 Å². The second-order valence-corrected chi connectivity index (χ2v) is 7.32. The highest BCUT2D eigenvalue weighted by molar-refractivity contribution is 7.90. The largest absolute Gasteiger partial charge is 0.385 e. The zero-order chi connectivity index (χ0) is 14.5. The van der Waals surface area contributed by atoms with E-state index < -0.39 is 25.8 Å². The number of primary sulfonamides is 1. The summed E-state index contributed by atoms with van der Waals surface area (Å²) in [6.07, 6.45) is 0. The molecular weight excluding hydrogens is 290 g/mol. The summed E-state index contributed by atoms with van der Waals surface area (Å²) >= 11 is 0. The highest BCUT2D eigenvalue weighted by Crippen LogP contribution is 2.13. The lowest BCUT2D eigenvalue weighted by atomic mass is 10.3. The molecule has 0 unspecified atom stereocenters. The maximum Gasteiger partial charge on any atom is 0.240 e. The number of sulfonamides is 2. The number of rotatable bonds is 7. The Bertz CT molecular complexity index is 609. The van der Waals surface area contributed by atoms with E-state index in [1.165, 1.54) is 12.1 Å². The van der Waals surface area contributed by atoms with Crippen LogP contribution >= 0.6 is 0 Å². The van der Waals surface area contributed by atoms with Crippen LogP contribution in [-0.2, 0) is 20.0 Å². The normalized spacial score (nSPS) is 12.3. The second kappa shape index (κ2) is 6.33. The van der Waals surface area contributed by atoms with Crippen LogP contribution in [-0.4, -0.2) is 35.7 Å². The molecule has 1 aromatic rings. The Kier molecular flexibility index (Phi) is 5.29. The molecule has 0 saturated carbocycles. The van der Waals surface area contributed by atoms with Crippen molar-refractivity contribution in [1.29, 1.82) is 0 Å². The molecule has 0 radical (unpaired) electrons. The minimum Gasteiger partial charge on any atom is -0.385 e. The van der Waals surface area contributed by atoms with Gasteiger partial charge in [-0.2, -0.15) is 0 Å². The van der Waals surface area contributed by atoms with Gasteiger partial charge in [0.05, 0.1) is 10.6 Å². The van der Waals surface area contributed by atoms with E-state index in [4.69, 9.17) is 5.14 Å². The van der Waals surface area contributed by atoms with Gasteiger partial charge in [-0.3, -0.25) is 0 Å². The molecule has 0 atom stereocenters. The van der Waals surface area contributed by atoms with E-state index in [1.54, 1.807) is 12.1 Å². The standard InChI is InChI=1S/C10H17N3O4S2/c1-2-12-9-3-5-10(6-4-9)19(16,17)13-7-8-18(11,14)15/h3-6,12-13H,2,7-8H2,1H3,(H2,11,14,15). The van der Waals surface area contributed by atoms with Crippen LogP contribution in [0, 0.1) is 0 Å². The number of anilines is 1. The molecule has 0 aromatic heterocycles. The summed E-state index contributed by atoms with van der Waals surface area (Å²) in [5.41, 5.74) is 0.811. The molecule has 0 fully saturated rings. The van der Waals surface area contributed by atoms with Crippen molar-refractivity contribution >= 4 is 25.7 Å². The van der Waals surface area contributed by atoms with Gasteiger partial charge in [-0.15, -0.1) is 0 Å². The molecule has 108 valence electrons. The minimum absolute atomic E-state index is 0.0728. The third kappa shape index (κ3) is 5.55. The lowest BCUT2D eigenvalue weighted by Gasteiger charge is -2.07. The van der Waals surface area contributed by atoms with E-state index in [2.05, 4.69) is 10.0 Å². The van der Waals surface area contributed by atoms with Crippen molar-refractivity contribution in [2.75, 3.05) is 24.2 Å². The first-order valence-electron chi connectivity index (χ1n) is 5.58. The van der Waals surface area contributed by atoms with Crippen molar-refractivity contribution in [3.63, 3.8) is 0 Å². The Labute approximate surface area is 113 Å². The molecule has 1 rings (SSSR count). The molecular formula is C10H17N3O4S2. The van der Waals surface area contributed by atoms with Gasteiger partial charge in [0.2, 0.25) is 20.0 Å². The summed E-state index contributed by atoms with van der Waals surface area (Å²) in [6, 6.07) is 6.16. The van der Waals surface area contributed by atoms with Gasteiger partial charge >= 0.3 is 0 Å². The topological polar surface area (TPSA) is 118 Å². The predicted molar refractivity (Wildman–Crippen MR) is 73.8 cm³/mol. The number of hydrogen-bond donors (Lipinski definition) is 3. The smallest absolute Gasteiger partial charge is 0.240 e. The van der Waals surface area contributed by atoms with Gasteiger partial charge in [-0.1, -0.05) is 0 Å². The highest BCUT2D eigenvalue weighted by atomic mass is 32.2. The predicted octanol–water partition coefficient (Wildman–Crippen LogP) is -0.315. The van der Waals surface area contributed by atoms with E-state index in [9.17, 15) is 16.8 Å². The van der Waals surface area contributed by atoms with Crippen molar-refractivity contribution in [2.45, 2.75) is 11.8 Å². The fourth-order valence-corrected chi connectivity index (χ4v) is 2.91. The third-order valence-electron chi connectivity index (χ3n) is 2.22. The summed E-state index contributed by atoms with van der Waals surface area (Å²) < 4.78 is 47.2. The Hall–Kier alpha value is -1.16. The molecule has 19 heavy (non-hydrogen) atoms. The van der Waals surface area contributed by atoms with Crippen molar-refractivity contribution in [3.05, 3.63) is 24.3 Å². The lowest BCUT2D eigenvalue weighted by molar-refractivity contribution is 0.581. The monoisotopic (exact) mass is 307 g/mol. The van der Waals surface area contributed by atoms with Crippen LogP contribution < -0.4 is 15.2 Å². The van der Waals surface area contributed by atoms with Crippen LogP contribution in [0.3, 0.4) is 0 Å². The fourth-order valence-electron chi connectivity index (χ4n) is 1.36. The van der Waals surface area contributed by atoms with Crippen LogP contribution in [0.5, 0.6) is 0 Å². The zero-order valence-corrected chi connectivity index (χ0v) is 12.1. The first-order chi connectivity index (χ1) is 8.74. The first-order valence-corrected chi connectivity index (χ1v) is 8.78. The second-order valence-electron chi connectivity index (χ2n) is 3.82. The number of benzene rings is 1. The summed E-state index contributed by atoms with van der Waals surface area (Å²) in [5.74, 6) is -0.443. The van der Waals surface area contributed by atoms with Crippen LogP contribution in [0.1, 0.15) is 6.92 Å². The molecule has 7 nitrogen and oxygen atoms in total. The number of nitrogens with two attached hydrogens (primary N) is 1. The van der Waals surface area contributed by atoms with Crippen LogP contribution in [0.25, 0.3) is 0 Å². The van der Waals surface area contributed by atoms with Crippen LogP contribution in [0.4, 0.5) is 5.69 Å². The fraction of sp³-hybridized carbons (Fsp3) is 0.400. The van der Waals surface area contributed by atoms with E-state index >= 15 is 0 Å². The molecule has 1 aromatic carbocycles. The maximum absolute atomic E-state index is 11.8. The molecule has 0 amide bonds. The van der Waals surface area contributed by atoms with E-state index in [-0.39, 0.29) is 11.4 Å². The summed E-state index contributed by atoms with van der Waals surface area (Å²) in [4.78, 5) is 0.0728. The molecule has 0 aliphatic heterocycles. The third-order valence-corrected chi connectivity index (χ3v) is 4.47. The maximum atomic E-state index is 11.8. The van der Waals surface area contributed by atoms with Crippen LogP contribution in [0.15, 0.2) is 29.2 Å². The van der Waals surface area contributed by atoms with E-state index in [0.29, 0.717) is 0 Å². The Balaban J connectivity index is 2.72. The van der Waals surface area contributed by atoms with Gasteiger partial charge in [0.25, 0.3) is 0 Å². The number of hydrogen-bond acceptors (Lipinski definition) is 5. The molecule has 0 aliphatic carbocycles. The Morgan fingerprint density at radius 2 is 1.68 bits per heavy atom. The molecule has 0 heterocycles. The molecule has 0 spiro atoms. The first kappa shape index (κ1) is 15.9.